The zero-order chi connectivity index (χ0) is 27.6. The number of esters is 1. The molecule has 1 atom stereocenters. The summed E-state index contributed by atoms with van der Waals surface area (Å²) in [6.07, 6.45) is 1.62. The van der Waals surface area contributed by atoms with E-state index in [-0.39, 0.29) is 21.3 Å². The van der Waals surface area contributed by atoms with Crippen molar-refractivity contribution in [3.63, 3.8) is 0 Å². The fraction of sp³-hybridized carbons (Fsp3) is 0.214. The van der Waals surface area contributed by atoms with Gasteiger partial charge < -0.3 is 19.3 Å². The Morgan fingerprint density at radius 2 is 1.82 bits per heavy atom. The number of rotatable bonds is 8. The second-order valence-corrected chi connectivity index (χ2v) is 9.40. The quantitative estimate of drug-likeness (QED) is 0.145. The minimum absolute atomic E-state index is 0.101. The van der Waals surface area contributed by atoms with E-state index >= 15 is 0 Å². The first-order valence-electron chi connectivity index (χ1n) is 11.6. The van der Waals surface area contributed by atoms with Gasteiger partial charge in [-0.15, -0.1) is 0 Å². The zero-order valence-corrected chi connectivity index (χ0v) is 22.1. The summed E-state index contributed by atoms with van der Waals surface area (Å²) in [4.78, 5) is 44.9. The molecule has 4 rings (SSSR count). The third-order valence-electron chi connectivity index (χ3n) is 6.06. The molecule has 0 spiro atoms. The number of methoxy groups -OCH3 is 2. The van der Waals surface area contributed by atoms with Gasteiger partial charge in [0.25, 0.3) is 5.78 Å². The smallest absolute Gasteiger partial charge is 0.350 e. The number of anilines is 1. The molecule has 1 N–H and O–H groups in total. The average Bonchev–Trinajstić information content (AvgIpc) is 3.43. The standard InChI is InChI=1S/C28H26N2O7S/c1-6-13-37-19-11-12-20(15(2)14-19)23(31)21-22(17-7-9-18(35-4)10-8-17)30(26(33)24(21)32)28-29-16(3)25(38-28)27(34)36-5/h6-12,14,22,31H,1,13H2,2-5H3/b23-21+. The fourth-order valence-corrected chi connectivity index (χ4v) is 5.20. The van der Waals surface area contributed by atoms with Crippen molar-refractivity contribution >= 4 is 39.9 Å². The molecule has 1 aliphatic heterocycles. The van der Waals surface area contributed by atoms with Crippen LogP contribution in [0.15, 0.2) is 60.7 Å². The highest BCUT2D eigenvalue weighted by Gasteiger charge is 2.48. The van der Waals surface area contributed by atoms with Gasteiger partial charge in [0.2, 0.25) is 0 Å². The normalized spacial score (nSPS) is 16.4. The maximum absolute atomic E-state index is 13.4. The van der Waals surface area contributed by atoms with Gasteiger partial charge in [-0.2, -0.15) is 0 Å². The maximum Gasteiger partial charge on any atom is 0.350 e. The summed E-state index contributed by atoms with van der Waals surface area (Å²) in [5, 5.41) is 11.6. The van der Waals surface area contributed by atoms with E-state index in [0.717, 1.165) is 11.3 Å². The topological polar surface area (TPSA) is 115 Å². The Morgan fingerprint density at radius 3 is 2.42 bits per heavy atom. The number of thiazole rings is 1. The lowest BCUT2D eigenvalue weighted by Crippen LogP contribution is -2.29. The van der Waals surface area contributed by atoms with Gasteiger partial charge in [0.1, 0.15) is 28.7 Å². The van der Waals surface area contributed by atoms with E-state index in [4.69, 9.17) is 14.2 Å². The molecule has 1 aliphatic rings. The Bertz CT molecular complexity index is 1460. The van der Waals surface area contributed by atoms with Crippen LogP contribution in [0.4, 0.5) is 5.13 Å². The van der Waals surface area contributed by atoms with Gasteiger partial charge in [-0.1, -0.05) is 36.1 Å². The van der Waals surface area contributed by atoms with Crippen molar-refractivity contribution in [1.29, 1.82) is 0 Å². The fourth-order valence-electron chi connectivity index (χ4n) is 4.19. The summed E-state index contributed by atoms with van der Waals surface area (Å²) in [5.74, 6) is -1.53. The largest absolute Gasteiger partial charge is 0.507 e. The number of hydrogen-bond acceptors (Lipinski definition) is 9. The number of aliphatic hydroxyl groups is 1. The third kappa shape index (κ3) is 4.78. The summed E-state index contributed by atoms with van der Waals surface area (Å²) >= 11 is 0.937. The van der Waals surface area contributed by atoms with E-state index in [1.54, 1.807) is 62.4 Å². The maximum atomic E-state index is 13.4. The van der Waals surface area contributed by atoms with E-state index in [2.05, 4.69) is 11.6 Å². The number of nitrogens with zero attached hydrogens (tertiary/aromatic N) is 2. The van der Waals surface area contributed by atoms with Crippen molar-refractivity contribution in [3.05, 3.63) is 88.0 Å². The highest BCUT2D eigenvalue weighted by Crippen LogP contribution is 2.44. The number of benzene rings is 2. The second kappa shape index (κ2) is 10.9. The molecule has 0 radical (unpaired) electrons. The van der Waals surface area contributed by atoms with Gasteiger partial charge in [0, 0.05) is 5.56 Å². The average molecular weight is 535 g/mol. The van der Waals surface area contributed by atoms with Gasteiger partial charge in [0.05, 0.1) is 31.5 Å². The summed E-state index contributed by atoms with van der Waals surface area (Å²) in [6, 6.07) is 10.8. The number of Topliss-reactive ketones (excluding diaryl/α,β-unsaturated/α-hetero) is 1. The van der Waals surface area contributed by atoms with Crippen LogP contribution >= 0.6 is 11.3 Å². The van der Waals surface area contributed by atoms with Gasteiger partial charge in [-0.3, -0.25) is 14.5 Å². The van der Waals surface area contributed by atoms with E-state index < -0.39 is 23.7 Å². The number of carbonyl (C=O) groups is 3. The van der Waals surface area contributed by atoms with Crippen molar-refractivity contribution < 1.29 is 33.7 Å². The molecule has 0 bridgehead atoms. The van der Waals surface area contributed by atoms with Crippen LogP contribution in [-0.4, -0.2) is 48.6 Å². The van der Waals surface area contributed by atoms with Crippen LogP contribution in [0.1, 0.15) is 38.1 Å². The Labute approximate surface area is 223 Å². The number of carbonyl (C=O) groups excluding carboxylic acids is 3. The SMILES string of the molecule is C=CCOc1ccc(/C(O)=C2\C(=O)C(=O)N(c3nc(C)c(C(=O)OC)s3)C2c2ccc(OC)cc2)c(C)c1. The molecule has 1 aromatic heterocycles. The zero-order valence-electron chi connectivity index (χ0n) is 21.3. The Morgan fingerprint density at radius 1 is 1.13 bits per heavy atom. The molecule has 1 fully saturated rings. The summed E-state index contributed by atoms with van der Waals surface area (Å²) in [7, 11) is 2.78. The minimum Gasteiger partial charge on any atom is -0.507 e. The molecular formula is C28H26N2O7S. The number of aliphatic hydroxyl groups excluding tert-OH is 1. The molecule has 2 aromatic carbocycles. The van der Waals surface area contributed by atoms with Gasteiger partial charge in [-0.25, -0.2) is 9.78 Å². The first-order chi connectivity index (χ1) is 18.2. The van der Waals surface area contributed by atoms with Crippen molar-refractivity contribution in [1.82, 2.24) is 4.98 Å². The van der Waals surface area contributed by atoms with Crippen molar-refractivity contribution in [3.8, 4) is 11.5 Å². The number of amides is 1. The highest BCUT2D eigenvalue weighted by molar-refractivity contribution is 7.17. The predicted molar refractivity (Wildman–Crippen MR) is 143 cm³/mol. The van der Waals surface area contributed by atoms with Crippen LogP contribution < -0.4 is 14.4 Å². The summed E-state index contributed by atoms with van der Waals surface area (Å²) < 4.78 is 15.6. The number of ketones is 1. The van der Waals surface area contributed by atoms with Crippen molar-refractivity contribution in [2.75, 3.05) is 25.7 Å². The lowest BCUT2D eigenvalue weighted by molar-refractivity contribution is -0.132. The van der Waals surface area contributed by atoms with E-state index in [9.17, 15) is 19.5 Å². The predicted octanol–water partition coefficient (Wildman–Crippen LogP) is 4.75. The van der Waals surface area contributed by atoms with E-state index in [0.29, 0.717) is 40.5 Å². The van der Waals surface area contributed by atoms with E-state index in [1.807, 2.05) is 0 Å². The highest BCUT2D eigenvalue weighted by atomic mass is 32.1. The minimum atomic E-state index is -1.01. The van der Waals surface area contributed by atoms with Crippen molar-refractivity contribution in [2.45, 2.75) is 19.9 Å². The molecule has 9 nitrogen and oxygen atoms in total. The number of aromatic nitrogens is 1. The lowest BCUT2D eigenvalue weighted by atomic mass is 9.94. The van der Waals surface area contributed by atoms with Gasteiger partial charge in [0.15, 0.2) is 5.13 Å². The molecule has 10 heteroatoms. The Kier molecular flexibility index (Phi) is 7.63. The van der Waals surface area contributed by atoms with Crippen LogP contribution in [0.3, 0.4) is 0 Å². The molecule has 0 aliphatic carbocycles. The van der Waals surface area contributed by atoms with E-state index in [1.165, 1.54) is 19.1 Å². The molecule has 1 unspecified atom stereocenters. The van der Waals surface area contributed by atoms with Gasteiger partial charge in [-0.05, 0) is 55.3 Å². The van der Waals surface area contributed by atoms with Crippen molar-refractivity contribution in [2.24, 2.45) is 0 Å². The molecule has 38 heavy (non-hydrogen) atoms. The summed E-state index contributed by atoms with van der Waals surface area (Å²) in [5.41, 5.74) is 1.82. The molecule has 2 heterocycles. The molecular weight excluding hydrogens is 508 g/mol. The van der Waals surface area contributed by atoms with Crippen LogP contribution in [0, 0.1) is 13.8 Å². The second-order valence-electron chi connectivity index (χ2n) is 8.42. The monoisotopic (exact) mass is 534 g/mol. The molecule has 3 aromatic rings. The lowest BCUT2D eigenvalue weighted by Gasteiger charge is -2.23. The number of aryl methyl sites for hydroxylation is 2. The first-order valence-corrected chi connectivity index (χ1v) is 12.4. The van der Waals surface area contributed by atoms with Gasteiger partial charge >= 0.3 is 11.9 Å². The number of ether oxygens (including phenoxy) is 3. The van der Waals surface area contributed by atoms with Crippen LogP contribution in [0.5, 0.6) is 11.5 Å². The Balaban J connectivity index is 1.90. The third-order valence-corrected chi connectivity index (χ3v) is 7.20. The van der Waals surface area contributed by atoms with Crippen LogP contribution in [0.2, 0.25) is 0 Å². The first kappa shape index (κ1) is 26.6. The molecule has 1 amide bonds. The molecule has 196 valence electrons. The Hall–Kier alpha value is -4.44. The number of hydrogen-bond donors (Lipinski definition) is 1. The van der Waals surface area contributed by atoms with Crippen LogP contribution in [-0.2, 0) is 14.3 Å². The molecule has 1 saturated heterocycles. The molecule has 0 saturated carbocycles. The van der Waals surface area contributed by atoms with Crippen LogP contribution in [0.25, 0.3) is 5.76 Å². The summed E-state index contributed by atoms with van der Waals surface area (Å²) in [6.45, 7) is 7.32.